The van der Waals surface area contributed by atoms with Crippen LogP contribution in [-0.2, 0) is 22.9 Å². The highest BCUT2D eigenvalue weighted by atomic mass is 79.9. The van der Waals surface area contributed by atoms with E-state index in [1.807, 2.05) is 19.2 Å². The molecule has 3 nitrogen and oxygen atoms in total. The van der Waals surface area contributed by atoms with Crippen molar-refractivity contribution < 1.29 is 17.2 Å². The van der Waals surface area contributed by atoms with Crippen LogP contribution < -0.4 is 0 Å². The zero-order chi connectivity index (χ0) is 16.3. The first-order valence-electron chi connectivity index (χ1n) is 6.33. The lowest BCUT2D eigenvalue weighted by atomic mass is 10.2. The summed E-state index contributed by atoms with van der Waals surface area (Å²) >= 11 is 5.06. The highest BCUT2D eigenvalue weighted by Gasteiger charge is 2.26. The molecule has 0 bridgehead atoms. The van der Waals surface area contributed by atoms with Crippen LogP contribution in [-0.4, -0.2) is 26.1 Å². The Hall–Kier alpha value is -0.830. The zero-order valence-electron chi connectivity index (χ0n) is 11.7. The molecule has 0 radical (unpaired) electrons. The van der Waals surface area contributed by atoms with E-state index in [1.54, 1.807) is 23.5 Å². The van der Waals surface area contributed by atoms with Crippen molar-refractivity contribution in [1.82, 2.24) is 4.90 Å². The minimum Gasteiger partial charge on any atom is -0.297 e. The van der Waals surface area contributed by atoms with Crippen LogP contribution in [0.3, 0.4) is 0 Å². The van der Waals surface area contributed by atoms with Crippen molar-refractivity contribution in [1.29, 1.82) is 0 Å². The molecule has 0 unspecified atom stereocenters. The van der Waals surface area contributed by atoms with Crippen LogP contribution in [0, 0.1) is 0 Å². The normalized spacial score (nSPS) is 12.3. The standard InChI is InChI=1S/C14H14BrF2NO2S2/c1-18(9-11-4-7-13(15)21-11)8-10-2-5-12(6-3-10)22(19,20)14(16)17/h2-7,14H,8-9H2,1H3. The maximum absolute atomic E-state index is 12.5. The lowest BCUT2D eigenvalue weighted by molar-refractivity contribution is 0.234. The number of rotatable bonds is 6. The van der Waals surface area contributed by atoms with Gasteiger partial charge in [-0.1, -0.05) is 12.1 Å². The first-order chi connectivity index (χ1) is 10.3. The summed E-state index contributed by atoms with van der Waals surface area (Å²) in [6, 6.07) is 9.60. The minimum absolute atomic E-state index is 0.351. The third-order valence-corrected chi connectivity index (χ3v) is 6.00. The van der Waals surface area contributed by atoms with Gasteiger partial charge in [-0.25, -0.2) is 8.42 Å². The van der Waals surface area contributed by atoms with E-state index >= 15 is 0 Å². The zero-order valence-corrected chi connectivity index (χ0v) is 14.9. The van der Waals surface area contributed by atoms with Crippen LogP contribution in [0.25, 0.3) is 0 Å². The number of alkyl halides is 2. The van der Waals surface area contributed by atoms with Gasteiger partial charge < -0.3 is 0 Å². The molecule has 0 N–H and O–H groups in total. The van der Waals surface area contributed by atoms with Gasteiger partial charge in [0.2, 0.25) is 9.84 Å². The molecule has 0 saturated carbocycles. The van der Waals surface area contributed by atoms with E-state index < -0.39 is 15.6 Å². The Morgan fingerprint density at radius 3 is 2.27 bits per heavy atom. The molecule has 2 rings (SSSR count). The second-order valence-corrected chi connectivity index (χ2v) is 9.29. The fourth-order valence-electron chi connectivity index (χ4n) is 1.96. The number of thiophene rings is 1. The smallest absolute Gasteiger partial charge is 0.297 e. The van der Waals surface area contributed by atoms with Gasteiger partial charge in [0.1, 0.15) is 0 Å². The Bertz CT molecular complexity index is 730. The molecule has 120 valence electrons. The van der Waals surface area contributed by atoms with Crippen LogP contribution in [0.2, 0.25) is 0 Å². The molecule has 0 fully saturated rings. The highest BCUT2D eigenvalue weighted by Crippen LogP contribution is 2.24. The molecule has 0 spiro atoms. The Morgan fingerprint density at radius 2 is 1.77 bits per heavy atom. The summed E-state index contributed by atoms with van der Waals surface area (Å²) in [5.74, 6) is -3.39. The molecule has 0 aliphatic rings. The van der Waals surface area contributed by atoms with E-state index in [-0.39, 0.29) is 4.90 Å². The Morgan fingerprint density at radius 1 is 1.14 bits per heavy atom. The van der Waals surface area contributed by atoms with Crippen molar-refractivity contribution in [3.8, 4) is 0 Å². The van der Waals surface area contributed by atoms with Gasteiger partial charge in [0.25, 0.3) is 0 Å². The lowest BCUT2D eigenvalue weighted by Crippen LogP contribution is -2.16. The van der Waals surface area contributed by atoms with Crippen LogP contribution >= 0.6 is 27.3 Å². The molecule has 0 amide bonds. The molecule has 0 saturated heterocycles. The molecule has 1 heterocycles. The number of hydrogen-bond acceptors (Lipinski definition) is 4. The first-order valence-corrected chi connectivity index (χ1v) is 9.48. The van der Waals surface area contributed by atoms with E-state index in [0.717, 1.165) is 15.9 Å². The fourth-order valence-corrected chi connectivity index (χ4v) is 4.24. The van der Waals surface area contributed by atoms with Gasteiger partial charge in [0.15, 0.2) is 0 Å². The molecule has 0 aliphatic carbocycles. The van der Waals surface area contributed by atoms with Gasteiger partial charge in [0, 0.05) is 18.0 Å². The number of sulfone groups is 1. The summed E-state index contributed by atoms with van der Waals surface area (Å²) < 4.78 is 48.7. The maximum atomic E-state index is 12.5. The molecule has 1 aromatic heterocycles. The van der Waals surface area contributed by atoms with Crippen LogP contribution in [0.15, 0.2) is 45.1 Å². The summed E-state index contributed by atoms with van der Waals surface area (Å²) in [5, 5.41) is 0. The minimum atomic E-state index is -4.52. The third kappa shape index (κ3) is 4.34. The number of hydrogen-bond donors (Lipinski definition) is 0. The number of halogens is 3. The molecule has 0 aliphatic heterocycles. The molecular weight excluding hydrogens is 396 g/mol. The lowest BCUT2D eigenvalue weighted by Gasteiger charge is -2.16. The largest absolute Gasteiger partial charge is 0.341 e. The topological polar surface area (TPSA) is 37.4 Å². The Kier molecular flexibility index (Phi) is 5.70. The molecule has 8 heteroatoms. The maximum Gasteiger partial charge on any atom is 0.341 e. The van der Waals surface area contributed by atoms with Gasteiger partial charge in [0.05, 0.1) is 8.68 Å². The average molecular weight is 410 g/mol. The molecule has 1 aromatic carbocycles. The fraction of sp³-hybridized carbons (Fsp3) is 0.286. The van der Waals surface area contributed by atoms with Gasteiger partial charge >= 0.3 is 5.76 Å². The van der Waals surface area contributed by atoms with E-state index in [0.29, 0.717) is 6.54 Å². The van der Waals surface area contributed by atoms with E-state index in [1.165, 1.54) is 17.0 Å². The van der Waals surface area contributed by atoms with Gasteiger partial charge in [-0.2, -0.15) is 8.78 Å². The van der Waals surface area contributed by atoms with Crippen molar-refractivity contribution in [3.63, 3.8) is 0 Å². The molecular formula is C14H14BrF2NO2S2. The summed E-state index contributed by atoms with van der Waals surface area (Å²) in [4.78, 5) is 2.91. The second-order valence-electron chi connectivity index (χ2n) is 4.83. The van der Waals surface area contributed by atoms with E-state index in [2.05, 4.69) is 20.8 Å². The van der Waals surface area contributed by atoms with Crippen molar-refractivity contribution in [2.24, 2.45) is 0 Å². The summed E-state index contributed by atoms with van der Waals surface area (Å²) in [6.45, 7) is 1.36. The number of nitrogens with zero attached hydrogens (tertiary/aromatic N) is 1. The SMILES string of the molecule is CN(Cc1ccc(S(=O)(=O)C(F)F)cc1)Cc1ccc(Br)s1. The molecule has 22 heavy (non-hydrogen) atoms. The Balaban J connectivity index is 2.02. The predicted molar refractivity (Wildman–Crippen MR) is 86.8 cm³/mol. The van der Waals surface area contributed by atoms with Crippen LogP contribution in [0.4, 0.5) is 8.78 Å². The molecule has 0 atom stereocenters. The summed E-state index contributed by atoms with van der Waals surface area (Å²) in [5.41, 5.74) is 0.867. The first kappa shape index (κ1) is 17.5. The highest BCUT2D eigenvalue weighted by molar-refractivity contribution is 9.11. The average Bonchev–Trinajstić information content (AvgIpc) is 2.84. The third-order valence-electron chi connectivity index (χ3n) is 2.99. The quantitative estimate of drug-likeness (QED) is 0.719. The van der Waals surface area contributed by atoms with E-state index in [9.17, 15) is 17.2 Å². The van der Waals surface area contributed by atoms with Crippen molar-refractivity contribution in [3.05, 3.63) is 50.6 Å². The van der Waals surface area contributed by atoms with Crippen molar-refractivity contribution in [2.45, 2.75) is 23.7 Å². The van der Waals surface area contributed by atoms with Gasteiger partial charge in [-0.05, 0) is 52.8 Å². The van der Waals surface area contributed by atoms with Crippen molar-refractivity contribution >= 4 is 37.1 Å². The second kappa shape index (κ2) is 7.16. The van der Waals surface area contributed by atoms with E-state index in [4.69, 9.17) is 0 Å². The van der Waals surface area contributed by atoms with Crippen LogP contribution in [0.5, 0.6) is 0 Å². The number of benzene rings is 1. The summed E-state index contributed by atoms with van der Waals surface area (Å²) in [7, 11) is -2.58. The Labute approximate surface area is 140 Å². The molecule has 2 aromatic rings. The van der Waals surface area contributed by atoms with Crippen molar-refractivity contribution in [2.75, 3.05) is 7.05 Å². The monoisotopic (exact) mass is 409 g/mol. The van der Waals surface area contributed by atoms with Gasteiger partial charge in [-0.15, -0.1) is 11.3 Å². The van der Waals surface area contributed by atoms with Gasteiger partial charge in [-0.3, -0.25) is 4.90 Å². The van der Waals surface area contributed by atoms with Crippen LogP contribution in [0.1, 0.15) is 10.4 Å². The predicted octanol–water partition coefficient (Wildman–Crippen LogP) is 4.14. The summed E-state index contributed by atoms with van der Waals surface area (Å²) in [6.07, 6.45) is 0.